The zero-order valence-corrected chi connectivity index (χ0v) is 16.8. The summed E-state index contributed by atoms with van der Waals surface area (Å²) in [4.78, 5) is 18.0. The van der Waals surface area contributed by atoms with E-state index in [-0.39, 0.29) is 5.91 Å². The smallest absolute Gasteiger partial charge is 0.264 e. The molecule has 1 saturated heterocycles. The molecular formula is C22H24N2O3S. The minimum Gasteiger partial charge on any atom is -0.497 e. The molecule has 1 fully saturated rings. The van der Waals surface area contributed by atoms with E-state index >= 15 is 0 Å². The van der Waals surface area contributed by atoms with Crippen molar-refractivity contribution in [3.63, 3.8) is 0 Å². The van der Waals surface area contributed by atoms with Crippen LogP contribution in [0.25, 0.3) is 10.1 Å². The summed E-state index contributed by atoms with van der Waals surface area (Å²) in [6.45, 7) is 4.77. The number of thiophene rings is 1. The van der Waals surface area contributed by atoms with Gasteiger partial charge < -0.3 is 14.4 Å². The first kappa shape index (κ1) is 18.8. The average Bonchev–Trinajstić information content (AvgIpc) is 3.18. The van der Waals surface area contributed by atoms with E-state index in [1.165, 1.54) is 4.70 Å². The molecule has 1 aromatic heterocycles. The van der Waals surface area contributed by atoms with Crippen molar-refractivity contribution >= 4 is 27.3 Å². The molecule has 0 unspecified atom stereocenters. The van der Waals surface area contributed by atoms with Crippen LogP contribution < -0.4 is 9.47 Å². The highest BCUT2D eigenvalue weighted by Crippen LogP contribution is 2.26. The molecule has 1 aliphatic heterocycles. The number of rotatable bonds is 6. The van der Waals surface area contributed by atoms with Crippen LogP contribution in [0.2, 0.25) is 0 Å². The maximum absolute atomic E-state index is 12.8. The Hall–Kier alpha value is -2.57. The SMILES string of the molecule is COc1ccc(OCCN2CCN(C(=O)c3cc4ccccc4s3)CC2)cc1. The van der Waals surface area contributed by atoms with Gasteiger partial charge in [0.1, 0.15) is 18.1 Å². The van der Waals surface area contributed by atoms with E-state index in [1.807, 2.05) is 47.4 Å². The van der Waals surface area contributed by atoms with Crippen LogP contribution in [0.3, 0.4) is 0 Å². The molecular weight excluding hydrogens is 372 g/mol. The molecule has 0 atom stereocenters. The number of carbonyl (C=O) groups is 1. The Morgan fingerprint density at radius 1 is 1.00 bits per heavy atom. The third kappa shape index (κ3) is 4.29. The van der Waals surface area contributed by atoms with Crippen molar-refractivity contribution in [1.82, 2.24) is 9.80 Å². The molecule has 3 aromatic rings. The summed E-state index contributed by atoms with van der Waals surface area (Å²) in [5, 5.41) is 1.14. The van der Waals surface area contributed by atoms with Crippen LogP contribution in [-0.4, -0.2) is 62.1 Å². The Morgan fingerprint density at radius 3 is 2.43 bits per heavy atom. The second kappa shape index (κ2) is 8.63. The van der Waals surface area contributed by atoms with Gasteiger partial charge in [-0.25, -0.2) is 0 Å². The number of benzene rings is 2. The van der Waals surface area contributed by atoms with Gasteiger partial charge in [-0.05, 0) is 41.8 Å². The van der Waals surface area contributed by atoms with E-state index in [4.69, 9.17) is 9.47 Å². The third-order valence-corrected chi connectivity index (χ3v) is 6.14. The van der Waals surface area contributed by atoms with Crippen molar-refractivity contribution in [2.45, 2.75) is 0 Å². The highest BCUT2D eigenvalue weighted by Gasteiger charge is 2.23. The molecule has 1 aliphatic rings. The second-order valence-corrected chi connectivity index (χ2v) is 7.89. The van der Waals surface area contributed by atoms with Crippen molar-refractivity contribution < 1.29 is 14.3 Å². The van der Waals surface area contributed by atoms with Gasteiger partial charge in [-0.1, -0.05) is 18.2 Å². The third-order valence-electron chi connectivity index (χ3n) is 5.03. The van der Waals surface area contributed by atoms with Crippen molar-refractivity contribution in [1.29, 1.82) is 0 Å². The van der Waals surface area contributed by atoms with E-state index in [0.29, 0.717) is 6.61 Å². The van der Waals surface area contributed by atoms with Crippen LogP contribution in [0, 0.1) is 0 Å². The van der Waals surface area contributed by atoms with Crippen LogP contribution in [0.5, 0.6) is 11.5 Å². The fourth-order valence-corrected chi connectivity index (χ4v) is 4.41. The highest BCUT2D eigenvalue weighted by atomic mass is 32.1. The highest BCUT2D eigenvalue weighted by molar-refractivity contribution is 7.20. The van der Waals surface area contributed by atoms with Gasteiger partial charge >= 0.3 is 0 Å². The van der Waals surface area contributed by atoms with E-state index in [9.17, 15) is 4.79 Å². The number of fused-ring (bicyclic) bond motifs is 1. The molecule has 146 valence electrons. The minimum absolute atomic E-state index is 0.148. The molecule has 4 rings (SSSR count). The summed E-state index contributed by atoms with van der Waals surface area (Å²) in [7, 11) is 1.65. The predicted octanol–water partition coefficient (Wildman–Crippen LogP) is 3.75. The fourth-order valence-electron chi connectivity index (χ4n) is 3.38. The molecule has 0 saturated carbocycles. The second-order valence-electron chi connectivity index (χ2n) is 6.81. The summed E-state index contributed by atoms with van der Waals surface area (Å²) >= 11 is 1.58. The van der Waals surface area contributed by atoms with Crippen molar-refractivity contribution in [2.75, 3.05) is 46.4 Å². The Morgan fingerprint density at radius 2 is 1.71 bits per heavy atom. The lowest BCUT2D eigenvalue weighted by molar-refractivity contribution is 0.0625. The van der Waals surface area contributed by atoms with Gasteiger partial charge in [0, 0.05) is 37.4 Å². The van der Waals surface area contributed by atoms with Crippen LogP contribution in [-0.2, 0) is 0 Å². The van der Waals surface area contributed by atoms with Crippen LogP contribution in [0.4, 0.5) is 0 Å². The normalized spacial score (nSPS) is 15.0. The van der Waals surface area contributed by atoms with E-state index < -0.39 is 0 Å². The molecule has 0 N–H and O–H groups in total. The van der Waals surface area contributed by atoms with Gasteiger partial charge in [0.15, 0.2) is 0 Å². The number of amides is 1. The lowest BCUT2D eigenvalue weighted by Crippen LogP contribution is -2.49. The number of nitrogens with zero attached hydrogens (tertiary/aromatic N) is 2. The number of hydrogen-bond acceptors (Lipinski definition) is 5. The zero-order valence-electron chi connectivity index (χ0n) is 16.0. The maximum Gasteiger partial charge on any atom is 0.264 e. The molecule has 0 aliphatic carbocycles. The minimum atomic E-state index is 0.148. The molecule has 0 radical (unpaired) electrons. The molecule has 28 heavy (non-hydrogen) atoms. The summed E-state index contributed by atoms with van der Waals surface area (Å²) in [6, 6.07) is 17.8. The monoisotopic (exact) mass is 396 g/mol. The standard InChI is InChI=1S/C22H24N2O3S/c1-26-18-6-8-19(9-7-18)27-15-14-23-10-12-24(13-11-23)22(25)21-16-17-4-2-3-5-20(17)28-21/h2-9,16H,10-15H2,1H3. The Balaban J connectivity index is 1.24. The first-order valence-corrected chi connectivity index (χ1v) is 10.3. The van der Waals surface area contributed by atoms with Crippen LogP contribution in [0.15, 0.2) is 54.6 Å². The molecule has 5 nitrogen and oxygen atoms in total. The zero-order chi connectivity index (χ0) is 19.3. The van der Waals surface area contributed by atoms with Gasteiger partial charge in [0.25, 0.3) is 5.91 Å². The number of carbonyl (C=O) groups excluding carboxylic acids is 1. The first-order valence-electron chi connectivity index (χ1n) is 9.50. The van der Waals surface area contributed by atoms with Crippen LogP contribution in [0.1, 0.15) is 9.67 Å². The number of hydrogen-bond donors (Lipinski definition) is 0. The lowest BCUT2D eigenvalue weighted by Gasteiger charge is -2.34. The number of ether oxygens (including phenoxy) is 2. The van der Waals surface area contributed by atoms with Gasteiger partial charge in [0.2, 0.25) is 0 Å². The van der Waals surface area contributed by atoms with Gasteiger partial charge in [-0.15, -0.1) is 11.3 Å². The van der Waals surface area contributed by atoms with Gasteiger partial charge in [-0.2, -0.15) is 0 Å². The fraction of sp³-hybridized carbons (Fsp3) is 0.318. The predicted molar refractivity (Wildman–Crippen MR) is 113 cm³/mol. The molecule has 6 heteroatoms. The lowest BCUT2D eigenvalue weighted by atomic mass is 10.2. The number of piperazine rings is 1. The summed E-state index contributed by atoms with van der Waals surface area (Å²) < 4.78 is 12.1. The molecule has 0 bridgehead atoms. The molecule has 2 heterocycles. The van der Waals surface area contributed by atoms with Crippen molar-refractivity contribution in [2.24, 2.45) is 0 Å². The molecule has 0 spiro atoms. The van der Waals surface area contributed by atoms with E-state index in [2.05, 4.69) is 17.0 Å². The van der Waals surface area contributed by atoms with E-state index in [0.717, 1.165) is 54.5 Å². The maximum atomic E-state index is 12.8. The van der Waals surface area contributed by atoms with Crippen molar-refractivity contribution in [3.05, 3.63) is 59.5 Å². The van der Waals surface area contributed by atoms with Gasteiger partial charge in [0.05, 0.1) is 12.0 Å². The van der Waals surface area contributed by atoms with Crippen LogP contribution >= 0.6 is 11.3 Å². The Bertz CT molecular complexity index is 897. The largest absolute Gasteiger partial charge is 0.497 e. The quantitative estimate of drug-likeness (QED) is 0.636. The average molecular weight is 397 g/mol. The van der Waals surface area contributed by atoms with E-state index in [1.54, 1.807) is 18.4 Å². The summed E-state index contributed by atoms with van der Waals surface area (Å²) in [5.41, 5.74) is 0. The topological polar surface area (TPSA) is 42.0 Å². The Labute approximate surface area is 169 Å². The van der Waals surface area contributed by atoms with Gasteiger partial charge in [-0.3, -0.25) is 9.69 Å². The molecule has 2 aromatic carbocycles. The molecule has 1 amide bonds. The summed E-state index contributed by atoms with van der Waals surface area (Å²) in [6.07, 6.45) is 0. The van der Waals surface area contributed by atoms with Crippen molar-refractivity contribution in [3.8, 4) is 11.5 Å². The first-order chi connectivity index (χ1) is 13.7. The summed E-state index contributed by atoms with van der Waals surface area (Å²) in [5.74, 6) is 1.82. The Kier molecular flexibility index (Phi) is 5.78. The number of methoxy groups -OCH3 is 1.